The van der Waals surface area contributed by atoms with Crippen LogP contribution in [0.15, 0.2) is 53.7 Å². The van der Waals surface area contributed by atoms with Crippen molar-refractivity contribution in [1.82, 2.24) is 5.01 Å². The number of fused-ring (bicyclic) bond motifs is 1. The highest BCUT2D eigenvalue weighted by atomic mass is 16.2. The summed E-state index contributed by atoms with van der Waals surface area (Å²) in [4.78, 5) is 12.2. The van der Waals surface area contributed by atoms with Crippen molar-refractivity contribution in [3.8, 4) is 0 Å². The molecule has 1 aliphatic heterocycles. The molecule has 0 radical (unpaired) electrons. The van der Waals surface area contributed by atoms with Crippen molar-refractivity contribution in [2.75, 3.05) is 12.0 Å². The van der Waals surface area contributed by atoms with Crippen LogP contribution in [0.4, 0.5) is 5.69 Å². The molecule has 0 unspecified atom stereocenters. The van der Waals surface area contributed by atoms with Crippen LogP contribution in [-0.4, -0.2) is 23.8 Å². The van der Waals surface area contributed by atoms with Gasteiger partial charge in [0.2, 0.25) is 0 Å². The highest BCUT2D eigenvalue weighted by Gasteiger charge is 2.22. The van der Waals surface area contributed by atoms with Crippen molar-refractivity contribution < 1.29 is 4.79 Å². The zero-order valence-corrected chi connectivity index (χ0v) is 9.78. The van der Waals surface area contributed by atoms with E-state index in [-0.39, 0.29) is 11.8 Å². The van der Waals surface area contributed by atoms with Crippen molar-refractivity contribution in [3.63, 3.8) is 0 Å². The van der Waals surface area contributed by atoms with E-state index in [9.17, 15) is 4.79 Å². The largest absolute Gasteiger partial charge is 0.365 e. The Hall–Kier alpha value is -2.36. The van der Waals surface area contributed by atoms with Crippen LogP contribution in [0, 0.1) is 5.92 Å². The number of allylic oxidation sites excluding steroid dienone is 4. The molecule has 90 valence electrons. The second-order valence-corrected chi connectivity index (χ2v) is 4.20. The normalized spacial score (nSPS) is 18.4. The van der Waals surface area contributed by atoms with E-state index in [4.69, 9.17) is 0 Å². The third kappa shape index (κ3) is 1.93. The van der Waals surface area contributed by atoms with Gasteiger partial charge >= 0.3 is 0 Å². The smallest absolute Gasteiger partial charge is 0.277 e. The van der Waals surface area contributed by atoms with Gasteiger partial charge in [-0.05, 0) is 12.1 Å². The molecule has 0 bridgehead atoms. The summed E-state index contributed by atoms with van der Waals surface area (Å²) in [5, 5.41) is 8.86. The molecule has 4 nitrogen and oxygen atoms in total. The first-order valence-corrected chi connectivity index (χ1v) is 5.88. The van der Waals surface area contributed by atoms with Gasteiger partial charge in [-0.25, -0.2) is 5.01 Å². The predicted octanol–water partition coefficient (Wildman–Crippen LogP) is 2.24. The molecule has 18 heavy (non-hydrogen) atoms. The molecule has 1 heterocycles. The number of hydrazone groups is 1. The number of anilines is 1. The fourth-order valence-corrected chi connectivity index (χ4v) is 1.99. The Kier molecular flexibility index (Phi) is 2.68. The minimum Gasteiger partial charge on any atom is -0.365 e. The van der Waals surface area contributed by atoms with Gasteiger partial charge in [0.15, 0.2) is 0 Å². The molecule has 1 N–H and O–H groups in total. The lowest BCUT2D eigenvalue weighted by molar-refractivity contribution is 0.0764. The van der Waals surface area contributed by atoms with Gasteiger partial charge in [0.05, 0.1) is 5.56 Å². The van der Waals surface area contributed by atoms with Gasteiger partial charge in [-0.2, -0.15) is 5.10 Å². The molecule has 0 aromatic heterocycles. The summed E-state index contributed by atoms with van der Waals surface area (Å²) in [7, 11) is 0. The highest BCUT2D eigenvalue weighted by Crippen LogP contribution is 2.21. The highest BCUT2D eigenvalue weighted by molar-refractivity contribution is 6.01. The Balaban J connectivity index is 1.78. The van der Waals surface area contributed by atoms with E-state index in [2.05, 4.69) is 10.4 Å². The minimum absolute atomic E-state index is 0.0634. The molecular formula is C14H13N3O. The average Bonchev–Trinajstić information content (AvgIpc) is 2.91. The summed E-state index contributed by atoms with van der Waals surface area (Å²) in [5.41, 5.74) is 1.54. The molecular weight excluding hydrogens is 226 g/mol. The quantitative estimate of drug-likeness (QED) is 0.804. The van der Waals surface area contributed by atoms with Crippen LogP contribution in [0.5, 0.6) is 0 Å². The SMILES string of the molecule is O=C1c2ccccc2NCN1/N=C/C1C=CC=C1. The van der Waals surface area contributed by atoms with Crippen LogP contribution in [0.3, 0.4) is 0 Å². The van der Waals surface area contributed by atoms with Crippen molar-refractivity contribution in [3.05, 3.63) is 54.1 Å². The number of nitrogens with zero attached hydrogens (tertiary/aromatic N) is 2. The Morgan fingerprint density at radius 3 is 2.89 bits per heavy atom. The molecule has 1 amide bonds. The third-order valence-corrected chi connectivity index (χ3v) is 2.97. The number of benzene rings is 1. The summed E-state index contributed by atoms with van der Waals surface area (Å²) in [6, 6.07) is 7.47. The van der Waals surface area contributed by atoms with E-state index in [0.29, 0.717) is 12.2 Å². The number of hydrogen-bond acceptors (Lipinski definition) is 3. The molecule has 1 aromatic rings. The van der Waals surface area contributed by atoms with E-state index >= 15 is 0 Å². The first-order chi connectivity index (χ1) is 8.84. The maximum absolute atomic E-state index is 12.2. The van der Waals surface area contributed by atoms with E-state index in [0.717, 1.165) is 5.69 Å². The van der Waals surface area contributed by atoms with Crippen LogP contribution in [0.2, 0.25) is 0 Å². The predicted molar refractivity (Wildman–Crippen MR) is 71.4 cm³/mol. The lowest BCUT2D eigenvalue weighted by Crippen LogP contribution is -2.36. The summed E-state index contributed by atoms with van der Waals surface area (Å²) in [6.45, 7) is 0.409. The van der Waals surface area contributed by atoms with Crippen LogP contribution < -0.4 is 5.32 Å². The van der Waals surface area contributed by atoms with Gasteiger partial charge in [-0.15, -0.1) is 0 Å². The number of para-hydroxylation sites is 1. The standard InChI is InChI=1S/C14H13N3O/c18-14-12-7-3-4-8-13(12)15-10-17(14)16-9-11-5-1-2-6-11/h1-9,11,15H,10H2/b16-9+. The summed E-state index contributed by atoms with van der Waals surface area (Å²) in [6.07, 6.45) is 9.77. The monoisotopic (exact) mass is 239 g/mol. The van der Waals surface area contributed by atoms with E-state index in [1.165, 1.54) is 5.01 Å². The van der Waals surface area contributed by atoms with Crippen LogP contribution in [0.1, 0.15) is 10.4 Å². The van der Waals surface area contributed by atoms with Gasteiger partial charge in [0, 0.05) is 17.8 Å². The molecule has 0 atom stereocenters. The number of carbonyl (C=O) groups excluding carboxylic acids is 1. The fraction of sp³-hybridized carbons (Fsp3) is 0.143. The number of carbonyl (C=O) groups is 1. The van der Waals surface area contributed by atoms with Crippen molar-refractivity contribution in [2.45, 2.75) is 0 Å². The second-order valence-electron chi connectivity index (χ2n) is 4.20. The molecule has 1 aromatic carbocycles. The first-order valence-electron chi connectivity index (χ1n) is 5.88. The van der Waals surface area contributed by atoms with E-state index in [1.807, 2.05) is 48.6 Å². The second kappa shape index (κ2) is 4.49. The zero-order chi connectivity index (χ0) is 12.4. The first kappa shape index (κ1) is 10.8. The molecule has 4 heteroatoms. The van der Waals surface area contributed by atoms with Gasteiger partial charge < -0.3 is 5.32 Å². The van der Waals surface area contributed by atoms with E-state index in [1.54, 1.807) is 6.21 Å². The van der Waals surface area contributed by atoms with Crippen molar-refractivity contribution in [2.24, 2.45) is 11.0 Å². The summed E-state index contributed by atoms with van der Waals surface area (Å²) >= 11 is 0. The maximum Gasteiger partial charge on any atom is 0.277 e. The minimum atomic E-state index is -0.0634. The molecule has 0 saturated heterocycles. The summed E-state index contributed by atoms with van der Waals surface area (Å²) in [5.74, 6) is 0.126. The van der Waals surface area contributed by atoms with Crippen LogP contribution in [0.25, 0.3) is 0 Å². The third-order valence-electron chi connectivity index (χ3n) is 2.97. The Bertz CT molecular complexity index is 548. The number of hydrogen-bond donors (Lipinski definition) is 1. The lowest BCUT2D eigenvalue weighted by Gasteiger charge is -2.25. The lowest BCUT2D eigenvalue weighted by atomic mass is 10.1. The molecule has 2 aliphatic rings. The van der Waals surface area contributed by atoms with Gasteiger partial charge in [0.25, 0.3) is 5.91 Å². The van der Waals surface area contributed by atoms with Crippen LogP contribution >= 0.6 is 0 Å². The number of nitrogens with one attached hydrogen (secondary N) is 1. The van der Waals surface area contributed by atoms with Crippen molar-refractivity contribution >= 4 is 17.8 Å². The topological polar surface area (TPSA) is 44.7 Å². The number of amides is 1. The molecule has 0 saturated carbocycles. The molecule has 0 spiro atoms. The fourth-order valence-electron chi connectivity index (χ4n) is 1.99. The molecule has 1 aliphatic carbocycles. The average molecular weight is 239 g/mol. The maximum atomic E-state index is 12.2. The molecule has 0 fully saturated rings. The Morgan fingerprint density at radius 1 is 1.28 bits per heavy atom. The van der Waals surface area contributed by atoms with E-state index < -0.39 is 0 Å². The van der Waals surface area contributed by atoms with Gasteiger partial charge in [0.1, 0.15) is 6.67 Å². The summed E-state index contributed by atoms with van der Waals surface area (Å²) < 4.78 is 0. The Morgan fingerprint density at radius 2 is 2.06 bits per heavy atom. The molecule has 3 rings (SSSR count). The Labute approximate surface area is 105 Å². The van der Waals surface area contributed by atoms with Gasteiger partial charge in [-0.3, -0.25) is 4.79 Å². The van der Waals surface area contributed by atoms with Crippen LogP contribution in [-0.2, 0) is 0 Å². The number of rotatable bonds is 2. The van der Waals surface area contributed by atoms with Gasteiger partial charge in [-0.1, -0.05) is 36.4 Å². The van der Waals surface area contributed by atoms with Crippen molar-refractivity contribution in [1.29, 1.82) is 0 Å². The zero-order valence-electron chi connectivity index (χ0n) is 9.78.